The Morgan fingerprint density at radius 1 is 1.25 bits per heavy atom. The van der Waals surface area contributed by atoms with Gasteiger partial charge in [-0.25, -0.2) is 8.78 Å². The molecule has 0 aliphatic rings. The summed E-state index contributed by atoms with van der Waals surface area (Å²) in [5, 5.41) is 0. The van der Waals surface area contributed by atoms with Crippen LogP contribution in [0.2, 0.25) is 0 Å². The number of allylic oxidation sites excluding steroid dienone is 1. The van der Waals surface area contributed by atoms with Crippen molar-refractivity contribution in [3.63, 3.8) is 0 Å². The Bertz CT molecular complexity index is 411. The number of carbonyl (C=O) groups excluding carboxylic acids is 1. The maximum absolute atomic E-state index is 13.5. The molecule has 3 heteroatoms. The van der Waals surface area contributed by atoms with Crippen LogP contribution in [0.1, 0.15) is 37.8 Å². The fraction of sp³-hybridized carbons (Fsp3) is 0.308. The highest BCUT2D eigenvalue weighted by Crippen LogP contribution is 2.23. The van der Waals surface area contributed by atoms with Gasteiger partial charge in [-0.05, 0) is 36.6 Å². The summed E-state index contributed by atoms with van der Waals surface area (Å²) in [5.41, 5.74) is 0.439. The van der Waals surface area contributed by atoms with E-state index in [2.05, 4.69) is 0 Å². The van der Waals surface area contributed by atoms with Gasteiger partial charge in [-0.3, -0.25) is 4.79 Å². The predicted octanol–water partition coefficient (Wildman–Crippen LogP) is 3.69. The summed E-state index contributed by atoms with van der Waals surface area (Å²) in [6, 6.07) is 2.47. The van der Waals surface area contributed by atoms with Crippen molar-refractivity contribution in [3.05, 3.63) is 41.0 Å². The van der Waals surface area contributed by atoms with E-state index in [4.69, 9.17) is 0 Å². The van der Waals surface area contributed by atoms with Gasteiger partial charge in [0.2, 0.25) is 0 Å². The van der Waals surface area contributed by atoms with E-state index in [0.29, 0.717) is 5.56 Å². The summed E-state index contributed by atoms with van der Waals surface area (Å²) in [7, 11) is 0. The average Bonchev–Trinajstić information content (AvgIpc) is 2.12. The first-order chi connectivity index (χ1) is 7.41. The predicted molar refractivity (Wildman–Crippen MR) is 60.2 cm³/mol. The van der Waals surface area contributed by atoms with Gasteiger partial charge in [-0.1, -0.05) is 19.9 Å². The van der Waals surface area contributed by atoms with Gasteiger partial charge in [-0.15, -0.1) is 0 Å². The molecule has 1 rings (SSSR count). The van der Waals surface area contributed by atoms with Gasteiger partial charge in [0.15, 0.2) is 5.78 Å². The lowest BCUT2D eigenvalue weighted by molar-refractivity contribution is -0.112. The van der Waals surface area contributed by atoms with E-state index >= 15 is 0 Å². The van der Waals surface area contributed by atoms with E-state index < -0.39 is 11.6 Å². The molecule has 1 nitrogen and oxygen atoms in total. The third-order valence-electron chi connectivity index (χ3n) is 2.19. The molecule has 0 bridgehead atoms. The second kappa shape index (κ2) is 5.01. The van der Waals surface area contributed by atoms with Gasteiger partial charge < -0.3 is 0 Å². The van der Waals surface area contributed by atoms with E-state index in [1.807, 2.05) is 0 Å². The lowest BCUT2D eigenvalue weighted by atomic mass is 10.00. The summed E-state index contributed by atoms with van der Waals surface area (Å²) in [5.74, 6) is -1.50. The zero-order valence-electron chi connectivity index (χ0n) is 9.55. The molecule has 0 radical (unpaired) electrons. The monoisotopic (exact) mass is 224 g/mol. The summed E-state index contributed by atoms with van der Waals surface area (Å²) >= 11 is 0. The molecule has 0 heterocycles. The quantitative estimate of drug-likeness (QED) is 0.715. The van der Waals surface area contributed by atoms with Gasteiger partial charge in [0.25, 0.3) is 0 Å². The van der Waals surface area contributed by atoms with Gasteiger partial charge in [0, 0.05) is 5.56 Å². The van der Waals surface area contributed by atoms with Crippen molar-refractivity contribution in [1.82, 2.24) is 0 Å². The number of benzene rings is 1. The van der Waals surface area contributed by atoms with Crippen LogP contribution >= 0.6 is 0 Å². The highest BCUT2D eigenvalue weighted by Gasteiger charge is 2.13. The highest BCUT2D eigenvalue weighted by molar-refractivity contribution is 5.91. The Hall–Kier alpha value is -1.51. The minimum absolute atomic E-state index is 0.0833. The highest BCUT2D eigenvalue weighted by atomic mass is 19.1. The summed E-state index contributed by atoms with van der Waals surface area (Å²) in [6.07, 6.45) is 2.68. The summed E-state index contributed by atoms with van der Waals surface area (Å²) < 4.78 is 27.1. The standard InChI is InChI=1S/C13H14F2O/c1-8(2)13-11(14)6-10(7-12(13)15)5-4-9(3)16/h4-8H,1-3H3/b5-4+. The fourth-order valence-corrected chi connectivity index (χ4v) is 1.47. The fourth-order valence-electron chi connectivity index (χ4n) is 1.47. The number of rotatable bonds is 3. The Labute approximate surface area is 93.8 Å². The molecule has 0 amide bonds. The Balaban J connectivity index is 3.14. The van der Waals surface area contributed by atoms with Crippen molar-refractivity contribution in [2.24, 2.45) is 0 Å². The van der Waals surface area contributed by atoms with Crippen LogP contribution in [0.15, 0.2) is 18.2 Å². The van der Waals surface area contributed by atoms with E-state index in [9.17, 15) is 13.6 Å². The van der Waals surface area contributed by atoms with Crippen LogP contribution < -0.4 is 0 Å². The smallest absolute Gasteiger partial charge is 0.152 e. The third-order valence-corrected chi connectivity index (χ3v) is 2.19. The van der Waals surface area contributed by atoms with E-state index in [-0.39, 0.29) is 17.3 Å². The Kier molecular flexibility index (Phi) is 3.93. The van der Waals surface area contributed by atoms with Crippen LogP contribution in [0.4, 0.5) is 8.78 Å². The van der Waals surface area contributed by atoms with Crippen molar-refractivity contribution < 1.29 is 13.6 Å². The molecule has 1 aromatic carbocycles. The molecule has 0 fully saturated rings. The van der Waals surface area contributed by atoms with E-state index in [1.165, 1.54) is 31.2 Å². The molecule has 0 saturated heterocycles. The molecule has 0 unspecified atom stereocenters. The lowest BCUT2D eigenvalue weighted by Crippen LogP contribution is -1.98. The summed E-state index contributed by atoms with van der Waals surface area (Å²) in [6.45, 7) is 4.84. The molecule has 0 N–H and O–H groups in total. The van der Waals surface area contributed by atoms with Crippen molar-refractivity contribution >= 4 is 11.9 Å². The van der Waals surface area contributed by atoms with Crippen LogP contribution in [0.5, 0.6) is 0 Å². The van der Waals surface area contributed by atoms with Crippen molar-refractivity contribution in [1.29, 1.82) is 0 Å². The van der Waals surface area contributed by atoms with Crippen LogP contribution in [0.3, 0.4) is 0 Å². The number of ketones is 1. The van der Waals surface area contributed by atoms with Crippen LogP contribution in [0, 0.1) is 11.6 Å². The summed E-state index contributed by atoms with van der Waals surface area (Å²) in [4.78, 5) is 10.7. The average molecular weight is 224 g/mol. The van der Waals surface area contributed by atoms with Crippen molar-refractivity contribution in [2.75, 3.05) is 0 Å². The molecular weight excluding hydrogens is 210 g/mol. The minimum atomic E-state index is -0.571. The number of hydrogen-bond acceptors (Lipinski definition) is 1. The first kappa shape index (κ1) is 12.6. The second-order valence-electron chi connectivity index (χ2n) is 4.00. The maximum atomic E-state index is 13.5. The third kappa shape index (κ3) is 2.99. The second-order valence-corrected chi connectivity index (χ2v) is 4.00. The Morgan fingerprint density at radius 2 is 1.75 bits per heavy atom. The van der Waals surface area contributed by atoms with Crippen molar-refractivity contribution in [2.45, 2.75) is 26.7 Å². The van der Waals surface area contributed by atoms with Gasteiger partial charge >= 0.3 is 0 Å². The molecule has 0 aliphatic carbocycles. The van der Waals surface area contributed by atoms with E-state index in [0.717, 1.165) is 0 Å². The number of hydrogen-bond donors (Lipinski definition) is 0. The lowest BCUT2D eigenvalue weighted by Gasteiger charge is -2.09. The normalized spacial score (nSPS) is 11.4. The largest absolute Gasteiger partial charge is 0.295 e. The SMILES string of the molecule is CC(=O)/C=C/c1cc(F)c(C(C)C)c(F)c1. The molecule has 16 heavy (non-hydrogen) atoms. The van der Waals surface area contributed by atoms with Gasteiger partial charge in [0.1, 0.15) is 11.6 Å². The maximum Gasteiger partial charge on any atom is 0.152 e. The molecule has 1 aromatic rings. The molecule has 0 aliphatic heterocycles. The molecule has 0 aromatic heterocycles. The van der Waals surface area contributed by atoms with Crippen molar-refractivity contribution in [3.8, 4) is 0 Å². The number of halogens is 2. The van der Waals surface area contributed by atoms with Gasteiger partial charge in [0.05, 0.1) is 0 Å². The van der Waals surface area contributed by atoms with Crippen LogP contribution in [-0.2, 0) is 4.79 Å². The zero-order valence-corrected chi connectivity index (χ0v) is 9.55. The first-order valence-corrected chi connectivity index (χ1v) is 5.09. The van der Waals surface area contributed by atoms with Gasteiger partial charge in [-0.2, -0.15) is 0 Å². The Morgan fingerprint density at radius 3 is 2.12 bits per heavy atom. The molecule has 86 valence electrons. The topological polar surface area (TPSA) is 17.1 Å². The van der Waals surface area contributed by atoms with Crippen LogP contribution in [-0.4, -0.2) is 5.78 Å². The minimum Gasteiger partial charge on any atom is -0.295 e. The molecule has 0 saturated carbocycles. The first-order valence-electron chi connectivity index (χ1n) is 5.09. The molecular formula is C13H14F2O. The molecule has 0 atom stereocenters. The molecule has 0 spiro atoms. The van der Waals surface area contributed by atoms with Crippen LogP contribution in [0.25, 0.3) is 6.08 Å². The zero-order chi connectivity index (χ0) is 12.3. The van der Waals surface area contributed by atoms with E-state index in [1.54, 1.807) is 13.8 Å². The number of carbonyl (C=O) groups is 1.